The van der Waals surface area contributed by atoms with Crippen LogP contribution in [-0.4, -0.2) is 44.2 Å². The van der Waals surface area contributed by atoms with E-state index in [0.717, 1.165) is 21.7 Å². The van der Waals surface area contributed by atoms with Crippen molar-refractivity contribution in [1.29, 1.82) is 0 Å². The summed E-state index contributed by atoms with van der Waals surface area (Å²) in [5.74, 6) is -0.356. The second-order valence-corrected chi connectivity index (χ2v) is 12.2. The largest absolute Gasteiger partial charge is 0.394 e. The van der Waals surface area contributed by atoms with Crippen LogP contribution in [0.2, 0.25) is 10.0 Å². The van der Waals surface area contributed by atoms with Crippen LogP contribution in [-0.2, 0) is 6.42 Å². The number of carbonyl (C=O) groups excluding carboxylic acids is 2. The Bertz CT molecular complexity index is 1960. The van der Waals surface area contributed by atoms with Gasteiger partial charge in [-0.15, -0.1) is 11.3 Å². The van der Waals surface area contributed by atoms with Crippen LogP contribution >= 0.6 is 34.5 Å². The number of nitrogens with zero attached hydrogens (tertiary/aromatic N) is 3. The lowest BCUT2D eigenvalue weighted by Gasteiger charge is -2.16. The molecule has 3 heterocycles. The highest BCUT2D eigenvalue weighted by atomic mass is 35.5. The molecule has 45 heavy (non-hydrogen) atoms. The number of aliphatic hydroxyl groups excluding tert-OH is 1. The summed E-state index contributed by atoms with van der Waals surface area (Å²) >= 11 is 13.8. The smallest absolute Gasteiger partial charge is 0.261 e. The van der Waals surface area contributed by atoms with E-state index in [9.17, 15) is 14.7 Å². The normalized spacial score (nSPS) is 11.7. The quantitative estimate of drug-likeness (QED) is 0.149. The number of nitrogens with one attached hydrogen (secondary N) is 1. The van der Waals surface area contributed by atoms with Gasteiger partial charge < -0.3 is 10.4 Å². The van der Waals surface area contributed by atoms with Gasteiger partial charge in [0.25, 0.3) is 5.91 Å². The number of pyridine rings is 1. The molecule has 0 aliphatic heterocycles. The Balaban J connectivity index is 1.20. The number of aromatic nitrogens is 3. The Hall–Kier alpha value is -4.60. The minimum absolute atomic E-state index is 0.0595. The van der Waals surface area contributed by atoms with Crippen LogP contribution in [0.1, 0.15) is 31.2 Å². The fraction of sp³-hybridized carbons (Fsp3) is 0.0857. The number of thiophene rings is 1. The lowest BCUT2D eigenvalue weighted by atomic mass is 10.00. The molecule has 3 aromatic heterocycles. The predicted octanol–water partition coefficient (Wildman–Crippen LogP) is 7.53. The number of rotatable bonds is 10. The van der Waals surface area contributed by atoms with Crippen LogP contribution in [0.4, 0.5) is 0 Å². The average Bonchev–Trinajstić information content (AvgIpc) is 3.75. The molecule has 6 rings (SSSR count). The van der Waals surface area contributed by atoms with Crippen LogP contribution < -0.4 is 5.32 Å². The van der Waals surface area contributed by atoms with Gasteiger partial charge in [0.15, 0.2) is 5.78 Å². The van der Waals surface area contributed by atoms with Gasteiger partial charge in [-0.1, -0.05) is 77.8 Å². The van der Waals surface area contributed by atoms with Crippen molar-refractivity contribution in [3.8, 4) is 27.5 Å². The summed E-state index contributed by atoms with van der Waals surface area (Å²) in [6, 6.07) is 30.4. The molecule has 2 N–H and O–H groups in total. The summed E-state index contributed by atoms with van der Waals surface area (Å²) in [6.07, 6.45) is 3.84. The Morgan fingerprint density at radius 2 is 1.64 bits per heavy atom. The third-order valence-electron chi connectivity index (χ3n) is 7.19. The summed E-state index contributed by atoms with van der Waals surface area (Å²) in [6.45, 7) is -0.243. The molecule has 0 fully saturated rings. The third kappa shape index (κ3) is 6.90. The van der Waals surface area contributed by atoms with Crippen molar-refractivity contribution in [2.75, 3.05) is 6.61 Å². The zero-order valence-corrected chi connectivity index (χ0v) is 26.1. The van der Waals surface area contributed by atoms with Gasteiger partial charge in [0.05, 0.1) is 49.5 Å². The van der Waals surface area contributed by atoms with Gasteiger partial charge in [-0.2, -0.15) is 5.10 Å². The van der Waals surface area contributed by atoms with Gasteiger partial charge in [-0.05, 0) is 60.5 Å². The summed E-state index contributed by atoms with van der Waals surface area (Å²) in [5, 5.41) is 18.7. The molecule has 0 saturated carbocycles. The number of carbonyl (C=O) groups is 2. The molecule has 3 aromatic carbocycles. The van der Waals surface area contributed by atoms with E-state index >= 15 is 0 Å². The number of ketones is 1. The molecule has 1 atom stereocenters. The van der Waals surface area contributed by atoms with Crippen molar-refractivity contribution in [3.05, 3.63) is 147 Å². The fourth-order valence-electron chi connectivity index (χ4n) is 4.87. The van der Waals surface area contributed by atoms with E-state index in [0.29, 0.717) is 43.9 Å². The highest BCUT2D eigenvalue weighted by Crippen LogP contribution is 2.34. The van der Waals surface area contributed by atoms with Gasteiger partial charge in [-0.25, -0.2) is 4.68 Å². The van der Waals surface area contributed by atoms with Crippen molar-refractivity contribution in [2.45, 2.75) is 12.5 Å². The van der Waals surface area contributed by atoms with Crippen molar-refractivity contribution in [2.24, 2.45) is 0 Å². The lowest BCUT2D eigenvalue weighted by molar-refractivity contribution is 0.0920. The molecule has 10 heteroatoms. The van der Waals surface area contributed by atoms with Gasteiger partial charge in [-0.3, -0.25) is 14.6 Å². The molecular formula is C35H26Cl2N4O3S. The van der Waals surface area contributed by atoms with E-state index in [4.69, 9.17) is 28.3 Å². The van der Waals surface area contributed by atoms with Crippen molar-refractivity contribution in [1.82, 2.24) is 20.1 Å². The number of benzene rings is 3. The SMILES string of the molecule is O=C(c1ccccc1)c1ccc(C[C@@H](CO)NC(=O)c2ccc(-c3cc(-c4cccnc4)nn3-c3ccc(Cl)c(Cl)c3)s2)cc1. The Morgan fingerprint density at radius 1 is 0.867 bits per heavy atom. The van der Waals surface area contributed by atoms with Gasteiger partial charge in [0.2, 0.25) is 0 Å². The van der Waals surface area contributed by atoms with E-state index in [1.165, 1.54) is 11.3 Å². The Kier molecular flexibility index (Phi) is 9.18. The zero-order valence-electron chi connectivity index (χ0n) is 23.7. The Morgan fingerprint density at radius 3 is 2.36 bits per heavy atom. The predicted molar refractivity (Wildman–Crippen MR) is 178 cm³/mol. The van der Waals surface area contributed by atoms with Crippen LogP contribution in [0.5, 0.6) is 0 Å². The van der Waals surface area contributed by atoms with Crippen molar-refractivity contribution in [3.63, 3.8) is 0 Å². The first-order chi connectivity index (χ1) is 21.9. The molecular weight excluding hydrogens is 627 g/mol. The zero-order chi connectivity index (χ0) is 31.3. The molecule has 224 valence electrons. The van der Waals surface area contributed by atoms with Crippen LogP contribution in [0, 0.1) is 0 Å². The lowest BCUT2D eigenvalue weighted by Crippen LogP contribution is -2.38. The van der Waals surface area contributed by atoms with E-state index in [1.54, 1.807) is 59.5 Å². The maximum absolute atomic E-state index is 13.3. The van der Waals surface area contributed by atoms with Gasteiger partial charge in [0, 0.05) is 29.1 Å². The van der Waals surface area contributed by atoms with Gasteiger partial charge in [0.1, 0.15) is 0 Å². The topological polar surface area (TPSA) is 97.1 Å². The maximum Gasteiger partial charge on any atom is 0.261 e. The van der Waals surface area contributed by atoms with Crippen molar-refractivity contribution < 1.29 is 14.7 Å². The summed E-state index contributed by atoms with van der Waals surface area (Å²) in [4.78, 5) is 31.5. The second kappa shape index (κ2) is 13.6. The number of amides is 1. The van der Waals surface area contributed by atoms with Crippen LogP contribution in [0.15, 0.2) is 116 Å². The van der Waals surface area contributed by atoms with Crippen LogP contribution in [0.3, 0.4) is 0 Å². The van der Waals surface area contributed by atoms with E-state index in [-0.39, 0.29) is 18.3 Å². The number of aliphatic hydroxyl groups is 1. The van der Waals surface area contributed by atoms with E-state index in [2.05, 4.69) is 10.3 Å². The average molecular weight is 654 g/mol. The minimum Gasteiger partial charge on any atom is -0.394 e. The standard InChI is InChI=1S/C35H26Cl2N4O3S/c36-28-13-12-27(18-29(28)37)41-31(19-30(40-41)25-7-4-16-38-20-25)32-14-15-33(45-32)35(44)39-26(21-42)17-22-8-10-24(11-9-22)34(43)23-5-2-1-3-6-23/h1-16,18-20,26,42H,17,21H2,(H,39,44)/t26-/m0/s1. The molecule has 0 saturated heterocycles. The minimum atomic E-state index is -0.516. The molecule has 7 nitrogen and oxygen atoms in total. The molecule has 1 amide bonds. The van der Waals surface area contributed by atoms with E-state index in [1.807, 2.05) is 60.7 Å². The Labute approximate surface area is 273 Å². The van der Waals surface area contributed by atoms with Crippen molar-refractivity contribution >= 4 is 46.2 Å². The first-order valence-corrected chi connectivity index (χ1v) is 15.6. The molecule has 0 spiro atoms. The molecule has 0 bridgehead atoms. The number of hydrogen-bond acceptors (Lipinski definition) is 6. The summed E-state index contributed by atoms with van der Waals surface area (Å²) in [7, 11) is 0. The fourth-order valence-corrected chi connectivity index (χ4v) is 6.08. The molecule has 0 radical (unpaired) electrons. The molecule has 0 aliphatic carbocycles. The summed E-state index contributed by atoms with van der Waals surface area (Å²) in [5.41, 5.74) is 5.11. The molecule has 6 aromatic rings. The van der Waals surface area contributed by atoms with E-state index < -0.39 is 6.04 Å². The first-order valence-electron chi connectivity index (χ1n) is 14.1. The monoisotopic (exact) mass is 652 g/mol. The van der Waals surface area contributed by atoms with Gasteiger partial charge >= 0.3 is 0 Å². The number of hydrogen-bond donors (Lipinski definition) is 2. The number of halogens is 2. The highest BCUT2D eigenvalue weighted by molar-refractivity contribution is 7.17. The molecule has 0 aliphatic rings. The maximum atomic E-state index is 13.3. The second-order valence-electron chi connectivity index (χ2n) is 10.3. The van der Waals surface area contributed by atoms with Crippen LogP contribution in [0.25, 0.3) is 27.5 Å². The highest BCUT2D eigenvalue weighted by Gasteiger charge is 2.20. The third-order valence-corrected chi connectivity index (χ3v) is 9.03. The first kappa shape index (κ1) is 30.4. The molecule has 0 unspecified atom stereocenters. The summed E-state index contributed by atoms with van der Waals surface area (Å²) < 4.78 is 1.76.